The summed E-state index contributed by atoms with van der Waals surface area (Å²) in [5.74, 6) is 1.05. The molecule has 0 saturated carbocycles. The van der Waals surface area contributed by atoms with Crippen LogP contribution in [0.25, 0.3) is 22.0 Å². The second kappa shape index (κ2) is 5.86. The van der Waals surface area contributed by atoms with Gasteiger partial charge in [-0.05, 0) is 23.8 Å². The fraction of sp³-hybridized carbons (Fsp3) is 0.111. The number of nitrogens with one attached hydrogen (secondary N) is 1. The molecule has 126 valence electrons. The number of carbonyl (C=O) groups is 1. The molecule has 0 bridgehead atoms. The molecule has 7 heteroatoms. The van der Waals surface area contributed by atoms with E-state index >= 15 is 0 Å². The molecule has 0 spiro atoms. The molecule has 1 N–H and O–H groups in total. The minimum atomic E-state index is -0.970. The van der Waals surface area contributed by atoms with Crippen molar-refractivity contribution in [2.75, 3.05) is 13.9 Å². The third kappa shape index (κ3) is 2.55. The SMILES string of the molecule is COC(=O)Oc1c(-c2ccc3c(c2)OCO3)c2ccccc2[nH]c1=O. The number of H-pyrrole nitrogens is 1. The van der Waals surface area contributed by atoms with Crippen LogP contribution in [0.15, 0.2) is 47.3 Å². The molecule has 25 heavy (non-hydrogen) atoms. The third-order valence-electron chi connectivity index (χ3n) is 3.89. The fourth-order valence-corrected chi connectivity index (χ4v) is 2.79. The van der Waals surface area contributed by atoms with Crippen molar-refractivity contribution in [3.05, 3.63) is 52.8 Å². The van der Waals surface area contributed by atoms with Gasteiger partial charge in [-0.2, -0.15) is 0 Å². The van der Waals surface area contributed by atoms with Crippen LogP contribution in [0, 0.1) is 0 Å². The molecule has 0 fully saturated rings. The number of hydrogen-bond acceptors (Lipinski definition) is 6. The largest absolute Gasteiger partial charge is 0.513 e. The molecule has 0 atom stereocenters. The van der Waals surface area contributed by atoms with E-state index in [0.717, 1.165) is 5.39 Å². The maximum atomic E-state index is 12.5. The van der Waals surface area contributed by atoms with Gasteiger partial charge >= 0.3 is 6.16 Å². The van der Waals surface area contributed by atoms with Crippen LogP contribution in [0.4, 0.5) is 4.79 Å². The van der Waals surface area contributed by atoms with Crippen molar-refractivity contribution >= 4 is 17.1 Å². The Morgan fingerprint density at radius 3 is 2.76 bits per heavy atom. The predicted molar refractivity (Wildman–Crippen MR) is 89.2 cm³/mol. The highest BCUT2D eigenvalue weighted by atomic mass is 16.7. The predicted octanol–water partition coefficient (Wildman–Crippen LogP) is 3.07. The summed E-state index contributed by atoms with van der Waals surface area (Å²) in [5, 5.41) is 0.722. The summed E-state index contributed by atoms with van der Waals surface area (Å²) < 4.78 is 20.4. The van der Waals surface area contributed by atoms with Crippen molar-refractivity contribution in [2.24, 2.45) is 0 Å². The number of fused-ring (bicyclic) bond motifs is 2. The van der Waals surface area contributed by atoms with Crippen LogP contribution in [-0.4, -0.2) is 25.0 Å². The Kier molecular flexibility index (Phi) is 3.53. The molecule has 7 nitrogen and oxygen atoms in total. The molecule has 0 amide bonds. The summed E-state index contributed by atoms with van der Waals surface area (Å²) in [7, 11) is 1.18. The Morgan fingerprint density at radius 1 is 1.12 bits per heavy atom. The maximum absolute atomic E-state index is 12.5. The summed E-state index contributed by atoms with van der Waals surface area (Å²) >= 11 is 0. The molecule has 0 radical (unpaired) electrons. The molecule has 1 aliphatic heterocycles. The monoisotopic (exact) mass is 339 g/mol. The molecule has 2 heterocycles. The normalized spacial score (nSPS) is 12.2. The number of hydrogen-bond donors (Lipinski definition) is 1. The lowest BCUT2D eigenvalue weighted by Gasteiger charge is -2.12. The second-order valence-electron chi connectivity index (χ2n) is 5.33. The Hall–Kier alpha value is -3.48. The van der Waals surface area contributed by atoms with Gasteiger partial charge in [0.1, 0.15) is 0 Å². The Balaban J connectivity index is 2.01. The van der Waals surface area contributed by atoms with Gasteiger partial charge < -0.3 is 23.9 Å². The van der Waals surface area contributed by atoms with Crippen LogP contribution in [0.1, 0.15) is 0 Å². The van der Waals surface area contributed by atoms with E-state index in [2.05, 4.69) is 9.72 Å². The highest BCUT2D eigenvalue weighted by Gasteiger charge is 2.21. The van der Waals surface area contributed by atoms with Crippen LogP contribution in [0.3, 0.4) is 0 Å². The van der Waals surface area contributed by atoms with Gasteiger partial charge in [0, 0.05) is 16.5 Å². The number of pyridine rings is 1. The van der Waals surface area contributed by atoms with Crippen molar-refractivity contribution in [3.8, 4) is 28.4 Å². The maximum Gasteiger partial charge on any atom is 0.513 e. The molecule has 2 aromatic carbocycles. The molecule has 3 aromatic rings. The Labute approximate surface area is 141 Å². The van der Waals surface area contributed by atoms with E-state index < -0.39 is 11.7 Å². The summed E-state index contributed by atoms with van der Waals surface area (Å²) in [6.45, 7) is 0.139. The van der Waals surface area contributed by atoms with Gasteiger partial charge in [-0.3, -0.25) is 4.79 Å². The van der Waals surface area contributed by atoms with Crippen LogP contribution in [0.2, 0.25) is 0 Å². The van der Waals surface area contributed by atoms with E-state index in [1.54, 1.807) is 24.3 Å². The topological polar surface area (TPSA) is 86.8 Å². The molecule has 0 saturated heterocycles. The summed E-state index contributed by atoms with van der Waals surface area (Å²) in [5.41, 5.74) is 1.22. The van der Waals surface area contributed by atoms with Crippen molar-refractivity contribution in [3.63, 3.8) is 0 Å². The van der Waals surface area contributed by atoms with Crippen LogP contribution in [0.5, 0.6) is 17.2 Å². The van der Waals surface area contributed by atoms with E-state index in [1.807, 2.05) is 18.2 Å². The number of rotatable bonds is 2. The van der Waals surface area contributed by atoms with Crippen molar-refractivity contribution < 1.29 is 23.7 Å². The van der Waals surface area contributed by atoms with Gasteiger partial charge in [0.25, 0.3) is 5.56 Å². The van der Waals surface area contributed by atoms with Crippen molar-refractivity contribution in [1.82, 2.24) is 4.98 Å². The first-order chi connectivity index (χ1) is 12.2. The summed E-state index contributed by atoms with van der Waals surface area (Å²) in [4.78, 5) is 26.8. The van der Waals surface area contributed by atoms with E-state index in [1.165, 1.54) is 7.11 Å². The van der Waals surface area contributed by atoms with Crippen molar-refractivity contribution in [2.45, 2.75) is 0 Å². The number of aromatic nitrogens is 1. The number of methoxy groups -OCH3 is 1. The lowest BCUT2D eigenvalue weighted by molar-refractivity contribution is 0.121. The first kappa shape index (κ1) is 15.1. The molecular weight excluding hydrogens is 326 g/mol. The summed E-state index contributed by atoms with van der Waals surface area (Å²) in [6.07, 6.45) is -0.970. The lowest BCUT2D eigenvalue weighted by atomic mass is 10.00. The van der Waals surface area contributed by atoms with Crippen molar-refractivity contribution in [1.29, 1.82) is 0 Å². The molecule has 4 rings (SSSR count). The Bertz CT molecular complexity index is 1040. The quantitative estimate of drug-likeness (QED) is 0.722. The highest BCUT2D eigenvalue weighted by molar-refractivity contribution is 5.98. The number of carbonyl (C=O) groups excluding carboxylic acids is 1. The molecule has 0 unspecified atom stereocenters. The number of aromatic amines is 1. The molecule has 1 aliphatic rings. The Morgan fingerprint density at radius 2 is 1.92 bits per heavy atom. The van der Waals surface area contributed by atoms with E-state index in [4.69, 9.17) is 14.2 Å². The van der Waals surface area contributed by atoms with Crippen LogP contribution >= 0.6 is 0 Å². The zero-order valence-electron chi connectivity index (χ0n) is 13.2. The van der Waals surface area contributed by atoms with E-state index in [-0.39, 0.29) is 12.5 Å². The van der Waals surface area contributed by atoms with Gasteiger partial charge in [0.2, 0.25) is 12.5 Å². The second-order valence-corrected chi connectivity index (χ2v) is 5.33. The average molecular weight is 339 g/mol. The number of ether oxygens (including phenoxy) is 4. The molecular formula is C18H13NO6. The lowest BCUT2D eigenvalue weighted by Crippen LogP contribution is -2.17. The van der Waals surface area contributed by atoms with E-state index in [0.29, 0.717) is 28.1 Å². The zero-order valence-corrected chi connectivity index (χ0v) is 13.2. The van der Waals surface area contributed by atoms with Gasteiger partial charge in [-0.15, -0.1) is 0 Å². The van der Waals surface area contributed by atoms with Gasteiger partial charge in [-0.1, -0.05) is 24.3 Å². The average Bonchev–Trinajstić information content (AvgIpc) is 3.09. The number of benzene rings is 2. The first-order valence-electron chi connectivity index (χ1n) is 7.48. The van der Waals surface area contributed by atoms with Gasteiger partial charge in [-0.25, -0.2) is 4.79 Å². The fourth-order valence-electron chi connectivity index (χ4n) is 2.79. The number of para-hydroxylation sites is 1. The van der Waals surface area contributed by atoms with Gasteiger partial charge in [0.15, 0.2) is 11.5 Å². The minimum absolute atomic E-state index is 0.135. The van der Waals surface area contributed by atoms with Gasteiger partial charge in [0.05, 0.1) is 7.11 Å². The van der Waals surface area contributed by atoms with Crippen LogP contribution < -0.4 is 19.8 Å². The highest BCUT2D eigenvalue weighted by Crippen LogP contribution is 2.40. The minimum Gasteiger partial charge on any atom is -0.454 e. The zero-order chi connectivity index (χ0) is 17.4. The van der Waals surface area contributed by atoms with E-state index in [9.17, 15) is 9.59 Å². The first-order valence-corrected chi connectivity index (χ1v) is 7.48. The smallest absolute Gasteiger partial charge is 0.454 e. The summed E-state index contributed by atoms with van der Waals surface area (Å²) in [6, 6.07) is 12.5. The van der Waals surface area contributed by atoms with Crippen LogP contribution in [-0.2, 0) is 4.74 Å². The third-order valence-corrected chi connectivity index (χ3v) is 3.89. The standard InChI is InChI=1S/C18H13NO6/c1-22-18(21)25-16-15(10-6-7-13-14(8-10)24-9-23-13)11-4-2-3-5-12(11)19-17(16)20/h2-8H,9H2,1H3,(H,19,20). The molecule has 0 aliphatic carbocycles. The molecule has 1 aromatic heterocycles.